The highest BCUT2D eigenvalue weighted by Crippen LogP contribution is 2.33. The predicted octanol–water partition coefficient (Wildman–Crippen LogP) is 4.82. The van der Waals surface area contributed by atoms with Gasteiger partial charge in [-0.2, -0.15) is 0 Å². The number of aromatic nitrogens is 5. The van der Waals surface area contributed by atoms with Gasteiger partial charge < -0.3 is 4.42 Å². The third kappa shape index (κ3) is 3.63. The maximum Gasteiger partial charge on any atom is 0.247 e. The van der Waals surface area contributed by atoms with Crippen molar-refractivity contribution in [3.05, 3.63) is 71.8 Å². The van der Waals surface area contributed by atoms with E-state index in [1.165, 1.54) is 11.8 Å². The molecular weight excluding hydrogens is 370 g/mol. The van der Waals surface area contributed by atoms with Crippen LogP contribution in [-0.2, 0) is 0 Å². The van der Waals surface area contributed by atoms with Gasteiger partial charge in [-0.05, 0) is 37.3 Å². The molecule has 4 rings (SSSR count). The Morgan fingerprint density at radius 3 is 2.73 bits per heavy atom. The molecule has 0 saturated carbocycles. The summed E-state index contributed by atoms with van der Waals surface area (Å²) in [5, 5.41) is 13.9. The van der Waals surface area contributed by atoms with Crippen LogP contribution in [0.15, 0.2) is 70.5 Å². The van der Waals surface area contributed by atoms with Crippen molar-refractivity contribution in [2.45, 2.75) is 17.3 Å². The first kappa shape index (κ1) is 16.8. The number of para-hydroxylation sites is 1. The summed E-state index contributed by atoms with van der Waals surface area (Å²) >= 11 is 7.47. The van der Waals surface area contributed by atoms with Crippen molar-refractivity contribution >= 4 is 23.4 Å². The van der Waals surface area contributed by atoms with Crippen LogP contribution in [0.25, 0.3) is 17.1 Å². The third-order valence-electron chi connectivity index (χ3n) is 3.63. The molecular formula is C18H14ClN5OS. The molecule has 0 saturated heterocycles. The van der Waals surface area contributed by atoms with E-state index in [4.69, 9.17) is 16.0 Å². The molecule has 26 heavy (non-hydrogen) atoms. The Kier molecular flexibility index (Phi) is 4.73. The summed E-state index contributed by atoms with van der Waals surface area (Å²) in [5.74, 6) is 0.957. The lowest BCUT2D eigenvalue weighted by molar-refractivity contribution is 0.509. The number of hydrogen-bond acceptors (Lipinski definition) is 6. The van der Waals surface area contributed by atoms with Gasteiger partial charge in [-0.1, -0.05) is 47.6 Å². The van der Waals surface area contributed by atoms with Crippen LogP contribution >= 0.6 is 23.4 Å². The molecule has 0 radical (unpaired) electrons. The Morgan fingerprint density at radius 2 is 1.92 bits per heavy atom. The van der Waals surface area contributed by atoms with Gasteiger partial charge in [0.25, 0.3) is 0 Å². The standard InChI is InChI=1S/C18H14ClN5OS/c1-12(16-21-22-17(25-16)13-6-5-7-14(19)10-13)26-18-20-11-24(23-18)15-8-3-2-4-9-15/h2-12H,1H3. The van der Waals surface area contributed by atoms with Crippen molar-refractivity contribution in [3.8, 4) is 17.1 Å². The largest absolute Gasteiger partial charge is 0.419 e. The Labute approximate surface area is 159 Å². The molecule has 130 valence electrons. The van der Waals surface area contributed by atoms with Crippen molar-refractivity contribution in [2.75, 3.05) is 0 Å². The topological polar surface area (TPSA) is 69.6 Å². The smallest absolute Gasteiger partial charge is 0.247 e. The van der Waals surface area contributed by atoms with E-state index >= 15 is 0 Å². The minimum Gasteiger partial charge on any atom is -0.419 e. The van der Waals surface area contributed by atoms with Gasteiger partial charge in [0.1, 0.15) is 6.33 Å². The van der Waals surface area contributed by atoms with Crippen LogP contribution in [-0.4, -0.2) is 25.0 Å². The summed E-state index contributed by atoms with van der Waals surface area (Å²) in [7, 11) is 0. The van der Waals surface area contributed by atoms with Crippen molar-refractivity contribution in [3.63, 3.8) is 0 Å². The molecule has 8 heteroatoms. The number of hydrogen-bond donors (Lipinski definition) is 0. The fourth-order valence-electron chi connectivity index (χ4n) is 2.35. The average Bonchev–Trinajstić information content (AvgIpc) is 3.32. The lowest BCUT2D eigenvalue weighted by Gasteiger charge is -2.03. The maximum absolute atomic E-state index is 6.01. The van der Waals surface area contributed by atoms with Crippen molar-refractivity contribution in [1.29, 1.82) is 0 Å². The molecule has 0 N–H and O–H groups in total. The summed E-state index contributed by atoms with van der Waals surface area (Å²) in [5.41, 5.74) is 1.75. The van der Waals surface area contributed by atoms with Gasteiger partial charge in [0.05, 0.1) is 10.9 Å². The van der Waals surface area contributed by atoms with Crippen LogP contribution in [0.4, 0.5) is 0 Å². The molecule has 2 aromatic carbocycles. The second-order valence-corrected chi connectivity index (χ2v) is 7.27. The van der Waals surface area contributed by atoms with E-state index in [9.17, 15) is 0 Å². The summed E-state index contributed by atoms with van der Waals surface area (Å²) in [6.45, 7) is 1.98. The Balaban J connectivity index is 1.49. The van der Waals surface area contributed by atoms with Gasteiger partial charge in [0, 0.05) is 10.6 Å². The van der Waals surface area contributed by atoms with E-state index in [2.05, 4.69) is 20.3 Å². The minimum atomic E-state index is -0.0814. The van der Waals surface area contributed by atoms with Crippen molar-refractivity contribution in [1.82, 2.24) is 25.0 Å². The normalized spacial score (nSPS) is 12.2. The summed E-state index contributed by atoms with van der Waals surface area (Å²) in [4.78, 5) is 4.34. The number of thioether (sulfide) groups is 1. The van der Waals surface area contributed by atoms with E-state index in [1.54, 1.807) is 23.1 Å². The monoisotopic (exact) mass is 383 g/mol. The number of nitrogens with zero attached hydrogens (tertiary/aromatic N) is 5. The van der Waals surface area contributed by atoms with Crippen LogP contribution < -0.4 is 0 Å². The Hall–Kier alpha value is -2.64. The minimum absolute atomic E-state index is 0.0814. The Morgan fingerprint density at radius 1 is 1.08 bits per heavy atom. The first-order valence-electron chi connectivity index (χ1n) is 7.92. The van der Waals surface area contributed by atoms with Gasteiger partial charge >= 0.3 is 0 Å². The maximum atomic E-state index is 6.01. The predicted molar refractivity (Wildman–Crippen MR) is 100 cm³/mol. The van der Waals surface area contributed by atoms with E-state index in [0.717, 1.165) is 11.3 Å². The fourth-order valence-corrected chi connectivity index (χ4v) is 3.30. The summed E-state index contributed by atoms with van der Waals surface area (Å²) in [6.07, 6.45) is 1.69. The van der Waals surface area contributed by atoms with Gasteiger partial charge in [-0.15, -0.1) is 15.3 Å². The van der Waals surface area contributed by atoms with E-state index < -0.39 is 0 Å². The highest BCUT2D eigenvalue weighted by molar-refractivity contribution is 7.99. The Bertz CT molecular complexity index is 1020. The summed E-state index contributed by atoms with van der Waals surface area (Å²) < 4.78 is 7.52. The van der Waals surface area contributed by atoms with Crippen LogP contribution in [0.5, 0.6) is 0 Å². The molecule has 6 nitrogen and oxygen atoms in total. The van der Waals surface area contributed by atoms with Gasteiger partial charge in [0.15, 0.2) is 0 Å². The van der Waals surface area contributed by atoms with E-state index in [1.807, 2.05) is 49.4 Å². The van der Waals surface area contributed by atoms with E-state index in [0.29, 0.717) is 22.0 Å². The van der Waals surface area contributed by atoms with Crippen LogP contribution in [0.3, 0.4) is 0 Å². The van der Waals surface area contributed by atoms with Crippen molar-refractivity contribution in [2.24, 2.45) is 0 Å². The third-order valence-corrected chi connectivity index (χ3v) is 4.82. The van der Waals surface area contributed by atoms with Gasteiger partial charge in [0.2, 0.25) is 16.9 Å². The molecule has 1 unspecified atom stereocenters. The zero-order valence-corrected chi connectivity index (χ0v) is 15.4. The molecule has 1 atom stereocenters. The van der Waals surface area contributed by atoms with Crippen LogP contribution in [0, 0.1) is 0 Å². The molecule has 0 aliphatic rings. The lowest BCUT2D eigenvalue weighted by atomic mass is 10.2. The molecule has 0 spiro atoms. The first-order chi connectivity index (χ1) is 12.7. The number of rotatable bonds is 5. The first-order valence-corrected chi connectivity index (χ1v) is 9.18. The molecule has 0 amide bonds. The molecule has 0 aliphatic carbocycles. The SMILES string of the molecule is CC(Sc1ncn(-c2ccccc2)n1)c1nnc(-c2cccc(Cl)c2)o1. The molecule has 0 aliphatic heterocycles. The fraction of sp³-hybridized carbons (Fsp3) is 0.111. The van der Waals surface area contributed by atoms with Crippen LogP contribution in [0.1, 0.15) is 18.1 Å². The van der Waals surface area contributed by atoms with Crippen molar-refractivity contribution < 1.29 is 4.42 Å². The van der Waals surface area contributed by atoms with Gasteiger partial charge in [-0.25, -0.2) is 9.67 Å². The van der Waals surface area contributed by atoms with Gasteiger partial charge in [-0.3, -0.25) is 0 Å². The highest BCUT2D eigenvalue weighted by Gasteiger charge is 2.18. The van der Waals surface area contributed by atoms with E-state index in [-0.39, 0.29) is 5.25 Å². The molecule has 2 aromatic heterocycles. The zero-order valence-electron chi connectivity index (χ0n) is 13.8. The molecule has 2 heterocycles. The summed E-state index contributed by atoms with van der Waals surface area (Å²) in [6, 6.07) is 17.2. The highest BCUT2D eigenvalue weighted by atomic mass is 35.5. The van der Waals surface area contributed by atoms with Crippen LogP contribution in [0.2, 0.25) is 5.02 Å². The molecule has 0 fully saturated rings. The second kappa shape index (κ2) is 7.31. The molecule has 4 aromatic rings. The second-order valence-electron chi connectivity index (χ2n) is 5.52. The molecule has 0 bridgehead atoms. The lowest BCUT2D eigenvalue weighted by Crippen LogP contribution is -1.94. The number of benzene rings is 2. The average molecular weight is 384 g/mol. The number of halogens is 1. The zero-order chi connectivity index (χ0) is 17.9. The quantitative estimate of drug-likeness (QED) is 0.460.